The number of hydrogen-bond acceptors (Lipinski definition) is 2. The summed E-state index contributed by atoms with van der Waals surface area (Å²) in [4.78, 5) is 0. The standard InChI is InChI=1S/C13H21NO/c1-10-6-4-8-13(12(10)3)14-11(2)7-5-9-15/h4,6,8,11,14-15H,5,7,9H2,1-3H3. The lowest BCUT2D eigenvalue weighted by molar-refractivity contribution is 0.282. The molecule has 1 rings (SSSR count). The zero-order valence-corrected chi connectivity index (χ0v) is 9.88. The first-order valence-corrected chi connectivity index (χ1v) is 5.58. The molecule has 2 nitrogen and oxygen atoms in total. The highest BCUT2D eigenvalue weighted by Gasteiger charge is 2.04. The Hall–Kier alpha value is -1.02. The fourth-order valence-corrected chi connectivity index (χ4v) is 1.64. The molecule has 0 spiro atoms. The van der Waals surface area contributed by atoms with E-state index in [1.807, 2.05) is 0 Å². The first-order valence-electron chi connectivity index (χ1n) is 5.58. The molecule has 2 N–H and O–H groups in total. The van der Waals surface area contributed by atoms with E-state index in [1.165, 1.54) is 16.8 Å². The van der Waals surface area contributed by atoms with Gasteiger partial charge >= 0.3 is 0 Å². The lowest BCUT2D eigenvalue weighted by Gasteiger charge is -2.17. The maximum absolute atomic E-state index is 8.75. The van der Waals surface area contributed by atoms with Gasteiger partial charge in [0.05, 0.1) is 0 Å². The number of benzene rings is 1. The molecule has 0 amide bonds. The van der Waals surface area contributed by atoms with Crippen LogP contribution in [0.5, 0.6) is 0 Å². The third-order valence-corrected chi connectivity index (χ3v) is 2.80. The van der Waals surface area contributed by atoms with Crippen LogP contribution in [0.1, 0.15) is 30.9 Å². The van der Waals surface area contributed by atoms with Crippen molar-refractivity contribution in [3.63, 3.8) is 0 Å². The van der Waals surface area contributed by atoms with Crippen LogP contribution in [-0.4, -0.2) is 17.8 Å². The Bertz CT molecular complexity index is 309. The number of rotatable bonds is 5. The molecule has 1 atom stereocenters. The summed E-state index contributed by atoms with van der Waals surface area (Å²) in [6, 6.07) is 6.72. The third-order valence-electron chi connectivity index (χ3n) is 2.80. The van der Waals surface area contributed by atoms with Gasteiger partial charge in [-0.1, -0.05) is 12.1 Å². The smallest absolute Gasteiger partial charge is 0.0431 e. The van der Waals surface area contributed by atoms with Gasteiger partial charge in [0, 0.05) is 18.3 Å². The summed E-state index contributed by atoms with van der Waals surface area (Å²) in [6.45, 7) is 6.69. The summed E-state index contributed by atoms with van der Waals surface area (Å²) in [5.41, 5.74) is 3.84. The maximum Gasteiger partial charge on any atom is 0.0431 e. The molecule has 2 heteroatoms. The number of anilines is 1. The molecule has 0 aliphatic carbocycles. The van der Waals surface area contributed by atoms with Gasteiger partial charge in [0.1, 0.15) is 0 Å². The van der Waals surface area contributed by atoms with Gasteiger partial charge in [-0.25, -0.2) is 0 Å². The number of hydrogen-bond donors (Lipinski definition) is 2. The van der Waals surface area contributed by atoms with E-state index in [-0.39, 0.29) is 6.61 Å². The van der Waals surface area contributed by atoms with Gasteiger partial charge in [-0.3, -0.25) is 0 Å². The van der Waals surface area contributed by atoms with Crippen molar-refractivity contribution in [2.45, 2.75) is 39.7 Å². The monoisotopic (exact) mass is 207 g/mol. The Morgan fingerprint density at radius 3 is 2.73 bits per heavy atom. The summed E-state index contributed by atoms with van der Waals surface area (Å²) in [6.07, 6.45) is 1.86. The van der Waals surface area contributed by atoms with E-state index in [0.717, 1.165) is 12.8 Å². The molecule has 0 radical (unpaired) electrons. The largest absolute Gasteiger partial charge is 0.396 e. The molecule has 0 aliphatic rings. The molecule has 15 heavy (non-hydrogen) atoms. The Kier molecular flexibility index (Phi) is 4.63. The van der Waals surface area contributed by atoms with Crippen molar-refractivity contribution in [3.05, 3.63) is 29.3 Å². The summed E-state index contributed by atoms with van der Waals surface area (Å²) in [5, 5.41) is 12.2. The minimum Gasteiger partial charge on any atom is -0.396 e. The highest BCUT2D eigenvalue weighted by molar-refractivity contribution is 5.54. The van der Waals surface area contributed by atoms with Crippen LogP contribution < -0.4 is 5.32 Å². The molecular weight excluding hydrogens is 186 g/mol. The average Bonchev–Trinajstić information content (AvgIpc) is 2.22. The van der Waals surface area contributed by atoms with Gasteiger partial charge in [0.15, 0.2) is 0 Å². The van der Waals surface area contributed by atoms with Crippen molar-refractivity contribution in [1.29, 1.82) is 0 Å². The molecule has 1 aromatic rings. The van der Waals surface area contributed by atoms with Crippen LogP contribution in [0.4, 0.5) is 5.69 Å². The Balaban J connectivity index is 2.60. The molecule has 1 unspecified atom stereocenters. The molecule has 84 valence electrons. The molecular formula is C13H21NO. The highest BCUT2D eigenvalue weighted by Crippen LogP contribution is 2.19. The molecule has 0 heterocycles. The number of aliphatic hydroxyl groups is 1. The third kappa shape index (κ3) is 3.56. The van der Waals surface area contributed by atoms with Gasteiger partial charge in [0.25, 0.3) is 0 Å². The topological polar surface area (TPSA) is 32.3 Å². The van der Waals surface area contributed by atoms with Crippen LogP contribution in [0.25, 0.3) is 0 Å². The second-order valence-electron chi connectivity index (χ2n) is 4.16. The fraction of sp³-hybridized carbons (Fsp3) is 0.538. The van der Waals surface area contributed by atoms with E-state index < -0.39 is 0 Å². The fourth-order valence-electron chi connectivity index (χ4n) is 1.64. The van der Waals surface area contributed by atoms with Crippen molar-refractivity contribution in [1.82, 2.24) is 0 Å². The summed E-state index contributed by atoms with van der Waals surface area (Å²) < 4.78 is 0. The van der Waals surface area contributed by atoms with Crippen molar-refractivity contribution >= 4 is 5.69 Å². The Morgan fingerprint density at radius 1 is 1.33 bits per heavy atom. The zero-order valence-electron chi connectivity index (χ0n) is 9.88. The summed E-state index contributed by atoms with van der Waals surface area (Å²) in [5.74, 6) is 0. The zero-order chi connectivity index (χ0) is 11.3. The van der Waals surface area contributed by atoms with Gasteiger partial charge in [0.2, 0.25) is 0 Å². The Labute approximate surface area is 92.3 Å². The lowest BCUT2D eigenvalue weighted by Crippen LogP contribution is -2.16. The summed E-state index contributed by atoms with van der Waals surface area (Å²) in [7, 11) is 0. The van der Waals surface area contributed by atoms with E-state index in [9.17, 15) is 0 Å². The number of aryl methyl sites for hydroxylation is 1. The van der Waals surface area contributed by atoms with E-state index in [0.29, 0.717) is 6.04 Å². The number of nitrogens with one attached hydrogen (secondary N) is 1. The predicted molar refractivity (Wildman–Crippen MR) is 65.3 cm³/mol. The number of aliphatic hydroxyl groups excluding tert-OH is 1. The minimum absolute atomic E-state index is 0.277. The molecule has 0 aromatic heterocycles. The van der Waals surface area contributed by atoms with Crippen LogP contribution >= 0.6 is 0 Å². The van der Waals surface area contributed by atoms with Crippen LogP contribution in [-0.2, 0) is 0 Å². The first kappa shape index (κ1) is 12.1. The van der Waals surface area contributed by atoms with Gasteiger partial charge in [-0.05, 0) is 50.8 Å². The molecule has 0 aliphatic heterocycles. The van der Waals surface area contributed by atoms with Crippen LogP contribution in [0.2, 0.25) is 0 Å². The van der Waals surface area contributed by atoms with Crippen molar-refractivity contribution in [2.75, 3.05) is 11.9 Å². The second kappa shape index (κ2) is 5.76. The van der Waals surface area contributed by atoms with Gasteiger partial charge in [-0.15, -0.1) is 0 Å². The first-order chi connectivity index (χ1) is 7.15. The van der Waals surface area contributed by atoms with Crippen molar-refractivity contribution < 1.29 is 5.11 Å². The summed E-state index contributed by atoms with van der Waals surface area (Å²) >= 11 is 0. The molecule has 0 saturated heterocycles. The van der Waals surface area contributed by atoms with E-state index in [2.05, 4.69) is 44.3 Å². The predicted octanol–water partition coefficient (Wildman–Crippen LogP) is 2.88. The molecule has 0 fully saturated rings. The minimum atomic E-state index is 0.277. The quantitative estimate of drug-likeness (QED) is 0.778. The highest BCUT2D eigenvalue weighted by atomic mass is 16.2. The maximum atomic E-state index is 8.75. The van der Waals surface area contributed by atoms with E-state index in [4.69, 9.17) is 5.11 Å². The molecule has 0 saturated carbocycles. The second-order valence-corrected chi connectivity index (χ2v) is 4.16. The van der Waals surface area contributed by atoms with Crippen molar-refractivity contribution in [3.8, 4) is 0 Å². The van der Waals surface area contributed by atoms with E-state index >= 15 is 0 Å². The SMILES string of the molecule is Cc1cccc(NC(C)CCCO)c1C. The van der Waals surface area contributed by atoms with Crippen LogP contribution in [0, 0.1) is 13.8 Å². The molecule has 1 aromatic carbocycles. The van der Waals surface area contributed by atoms with E-state index in [1.54, 1.807) is 0 Å². The molecule has 0 bridgehead atoms. The lowest BCUT2D eigenvalue weighted by atomic mass is 10.1. The normalized spacial score (nSPS) is 12.5. The van der Waals surface area contributed by atoms with Crippen LogP contribution in [0.3, 0.4) is 0 Å². The van der Waals surface area contributed by atoms with Gasteiger partial charge < -0.3 is 10.4 Å². The average molecular weight is 207 g/mol. The van der Waals surface area contributed by atoms with Crippen molar-refractivity contribution in [2.24, 2.45) is 0 Å². The van der Waals surface area contributed by atoms with Crippen LogP contribution in [0.15, 0.2) is 18.2 Å². The Morgan fingerprint density at radius 2 is 2.07 bits per heavy atom. The van der Waals surface area contributed by atoms with Gasteiger partial charge in [-0.2, -0.15) is 0 Å².